The highest BCUT2D eigenvalue weighted by Gasteiger charge is 2.14. The molecule has 0 fully saturated rings. The summed E-state index contributed by atoms with van der Waals surface area (Å²) in [5.74, 6) is 0.324. The van der Waals surface area contributed by atoms with Gasteiger partial charge in [-0.15, -0.1) is 0 Å². The van der Waals surface area contributed by atoms with Crippen molar-refractivity contribution >= 4 is 7.85 Å². The fourth-order valence-corrected chi connectivity index (χ4v) is 1.46. The van der Waals surface area contributed by atoms with Gasteiger partial charge in [0.15, 0.2) is 0 Å². The zero-order valence-corrected chi connectivity index (χ0v) is 7.03. The van der Waals surface area contributed by atoms with Crippen LogP contribution in [0.25, 0.3) is 0 Å². The second-order valence-electron chi connectivity index (χ2n) is 3.28. The van der Waals surface area contributed by atoms with Crippen molar-refractivity contribution in [2.24, 2.45) is 0 Å². The Morgan fingerprint density at radius 3 is 2.50 bits per heavy atom. The predicted molar refractivity (Wildman–Crippen MR) is 52.4 cm³/mol. The molecule has 0 nitrogen and oxygen atoms in total. The van der Waals surface area contributed by atoms with Gasteiger partial charge in [-0.05, 0) is 18.4 Å². The molecule has 0 amide bonds. The average Bonchev–Trinajstić information content (AvgIpc) is 2.14. The molecule has 1 heteroatoms. The molecule has 0 heterocycles. The van der Waals surface area contributed by atoms with E-state index in [9.17, 15) is 0 Å². The highest BCUT2D eigenvalue weighted by Crippen LogP contribution is 2.31. The minimum absolute atomic E-state index is 0.324. The van der Waals surface area contributed by atoms with E-state index in [4.69, 9.17) is 7.85 Å². The Labute approximate surface area is 74.7 Å². The van der Waals surface area contributed by atoms with Crippen molar-refractivity contribution in [1.82, 2.24) is 0 Å². The number of rotatable bonds is 2. The van der Waals surface area contributed by atoms with Crippen LogP contribution in [-0.4, -0.2) is 7.85 Å². The van der Waals surface area contributed by atoms with E-state index in [1.807, 2.05) is 6.07 Å². The minimum atomic E-state index is 0.324. The summed E-state index contributed by atoms with van der Waals surface area (Å²) >= 11 is 0. The lowest BCUT2D eigenvalue weighted by molar-refractivity contribution is 0.826. The van der Waals surface area contributed by atoms with E-state index in [0.717, 1.165) is 12.8 Å². The first kappa shape index (κ1) is 7.66. The first-order valence-corrected chi connectivity index (χ1v) is 4.34. The molecule has 1 aliphatic carbocycles. The van der Waals surface area contributed by atoms with Crippen molar-refractivity contribution in [1.29, 1.82) is 0 Å². The van der Waals surface area contributed by atoms with Crippen LogP contribution in [0.15, 0.2) is 42.0 Å². The largest absolute Gasteiger partial charge is 0.0856 e. The van der Waals surface area contributed by atoms with Gasteiger partial charge in [-0.2, -0.15) is 0 Å². The Morgan fingerprint density at radius 2 is 2.00 bits per heavy atom. The molecule has 1 aromatic carbocycles. The first-order chi connectivity index (χ1) is 5.86. The van der Waals surface area contributed by atoms with Crippen LogP contribution >= 0.6 is 0 Å². The van der Waals surface area contributed by atoms with Crippen LogP contribution in [0.2, 0.25) is 5.82 Å². The third-order valence-corrected chi connectivity index (χ3v) is 2.36. The molecule has 0 saturated heterocycles. The lowest BCUT2D eigenvalue weighted by Crippen LogP contribution is -2.08. The highest BCUT2D eigenvalue weighted by atomic mass is 14.2. The van der Waals surface area contributed by atoms with Crippen LogP contribution in [0.5, 0.6) is 0 Å². The molecule has 2 rings (SSSR count). The average molecular weight is 154 g/mol. The normalized spacial score (nSPS) is 21.3. The van der Waals surface area contributed by atoms with Crippen molar-refractivity contribution in [2.45, 2.75) is 18.7 Å². The molecule has 0 bridgehead atoms. The van der Waals surface area contributed by atoms with Crippen LogP contribution < -0.4 is 0 Å². The standard InChI is InChI=1S/C11H11B/c12-11-7-6-10(11)8-9-4-2-1-3-5-9/h1-6,11H,7-8H2. The Hall–Kier alpha value is -0.975. The van der Waals surface area contributed by atoms with Crippen LogP contribution in [0.4, 0.5) is 0 Å². The summed E-state index contributed by atoms with van der Waals surface area (Å²) in [6.45, 7) is 0. The fraction of sp³-hybridized carbons (Fsp3) is 0.273. The quantitative estimate of drug-likeness (QED) is 0.453. The van der Waals surface area contributed by atoms with E-state index in [2.05, 4.69) is 30.3 Å². The predicted octanol–water partition coefficient (Wildman–Crippen LogP) is 2.52. The molecule has 58 valence electrons. The number of hydrogen-bond donors (Lipinski definition) is 0. The van der Waals surface area contributed by atoms with Gasteiger partial charge in [-0.3, -0.25) is 0 Å². The summed E-state index contributed by atoms with van der Waals surface area (Å²) in [4.78, 5) is 0. The SMILES string of the molecule is [B]C1CC=C1Cc1ccccc1. The van der Waals surface area contributed by atoms with Gasteiger partial charge >= 0.3 is 0 Å². The third-order valence-electron chi connectivity index (χ3n) is 2.36. The summed E-state index contributed by atoms with van der Waals surface area (Å²) < 4.78 is 0. The topological polar surface area (TPSA) is 0 Å². The van der Waals surface area contributed by atoms with Crippen LogP contribution in [-0.2, 0) is 6.42 Å². The maximum atomic E-state index is 5.80. The second-order valence-corrected chi connectivity index (χ2v) is 3.28. The second kappa shape index (κ2) is 3.18. The Bertz CT molecular complexity index is 287. The molecule has 1 unspecified atom stereocenters. The Balaban J connectivity index is 2.05. The van der Waals surface area contributed by atoms with Gasteiger partial charge in [0.25, 0.3) is 0 Å². The molecule has 0 spiro atoms. The first-order valence-electron chi connectivity index (χ1n) is 4.34. The molecule has 0 N–H and O–H groups in total. The maximum absolute atomic E-state index is 5.80. The molecule has 0 saturated carbocycles. The van der Waals surface area contributed by atoms with Crippen molar-refractivity contribution in [3.05, 3.63) is 47.5 Å². The van der Waals surface area contributed by atoms with Crippen LogP contribution in [0.3, 0.4) is 0 Å². The van der Waals surface area contributed by atoms with Gasteiger partial charge in [-0.25, -0.2) is 0 Å². The fourth-order valence-electron chi connectivity index (χ4n) is 1.46. The summed E-state index contributed by atoms with van der Waals surface area (Å²) in [5.41, 5.74) is 2.75. The van der Waals surface area contributed by atoms with E-state index in [-0.39, 0.29) is 0 Å². The summed E-state index contributed by atoms with van der Waals surface area (Å²) in [7, 11) is 5.80. The lowest BCUT2D eigenvalue weighted by Gasteiger charge is -2.23. The Kier molecular flexibility index (Phi) is 2.03. The van der Waals surface area contributed by atoms with Crippen molar-refractivity contribution in [3.8, 4) is 0 Å². The zero-order chi connectivity index (χ0) is 8.39. The van der Waals surface area contributed by atoms with Gasteiger partial charge < -0.3 is 0 Å². The number of allylic oxidation sites excluding steroid dienone is 2. The molecule has 1 atom stereocenters. The van der Waals surface area contributed by atoms with Crippen LogP contribution in [0, 0.1) is 0 Å². The van der Waals surface area contributed by atoms with E-state index >= 15 is 0 Å². The number of hydrogen-bond acceptors (Lipinski definition) is 0. The molecule has 0 aliphatic heterocycles. The number of benzene rings is 1. The monoisotopic (exact) mass is 154 g/mol. The molecule has 2 radical (unpaired) electrons. The van der Waals surface area contributed by atoms with Crippen molar-refractivity contribution in [3.63, 3.8) is 0 Å². The minimum Gasteiger partial charge on any atom is -0.0856 e. The zero-order valence-electron chi connectivity index (χ0n) is 7.03. The molecular weight excluding hydrogens is 143 g/mol. The molecule has 0 aromatic heterocycles. The van der Waals surface area contributed by atoms with Gasteiger partial charge in [0.05, 0.1) is 7.85 Å². The smallest absolute Gasteiger partial charge is 0.0763 e. The van der Waals surface area contributed by atoms with Crippen molar-refractivity contribution < 1.29 is 0 Å². The van der Waals surface area contributed by atoms with Gasteiger partial charge in [0, 0.05) is 0 Å². The summed E-state index contributed by atoms with van der Waals surface area (Å²) in [6.07, 6.45) is 4.32. The van der Waals surface area contributed by atoms with Gasteiger partial charge in [0.2, 0.25) is 0 Å². The molecular formula is C11H11B. The third kappa shape index (κ3) is 1.45. The molecule has 1 aliphatic rings. The van der Waals surface area contributed by atoms with Gasteiger partial charge in [-0.1, -0.05) is 47.8 Å². The maximum Gasteiger partial charge on any atom is 0.0763 e. The highest BCUT2D eigenvalue weighted by molar-refractivity contribution is 6.14. The lowest BCUT2D eigenvalue weighted by atomic mass is 9.69. The van der Waals surface area contributed by atoms with E-state index < -0.39 is 0 Å². The molecule has 1 aromatic rings. The van der Waals surface area contributed by atoms with Gasteiger partial charge in [0.1, 0.15) is 0 Å². The van der Waals surface area contributed by atoms with Crippen LogP contribution in [0.1, 0.15) is 12.0 Å². The van der Waals surface area contributed by atoms with E-state index in [1.54, 1.807) is 0 Å². The van der Waals surface area contributed by atoms with E-state index in [1.165, 1.54) is 11.1 Å². The summed E-state index contributed by atoms with van der Waals surface area (Å²) in [5, 5.41) is 0. The summed E-state index contributed by atoms with van der Waals surface area (Å²) in [6, 6.07) is 10.5. The van der Waals surface area contributed by atoms with Crippen molar-refractivity contribution in [2.75, 3.05) is 0 Å². The Morgan fingerprint density at radius 1 is 1.25 bits per heavy atom. The van der Waals surface area contributed by atoms with E-state index in [0.29, 0.717) is 5.82 Å². The molecule has 12 heavy (non-hydrogen) atoms.